The maximum Gasteiger partial charge on any atom is 0.220 e. The maximum atomic E-state index is 12.0. The van der Waals surface area contributed by atoms with Gasteiger partial charge in [0.05, 0.1) is 7.11 Å². The Labute approximate surface area is 171 Å². The second kappa shape index (κ2) is 11.0. The first kappa shape index (κ1) is 20.6. The van der Waals surface area contributed by atoms with E-state index in [0.717, 1.165) is 30.6 Å². The van der Waals surface area contributed by atoms with Crippen LogP contribution in [0.5, 0.6) is 5.75 Å². The van der Waals surface area contributed by atoms with Gasteiger partial charge in [0.25, 0.3) is 0 Å². The van der Waals surface area contributed by atoms with Crippen molar-refractivity contribution >= 4 is 5.91 Å². The fourth-order valence-electron chi connectivity index (χ4n) is 3.12. The minimum absolute atomic E-state index is 0.00633. The number of carbonyl (C=O) groups is 1. The van der Waals surface area contributed by atoms with Crippen molar-refractivity contribution in [2.24, 2.45) is 0 Å². The molecule has 0 aliphatic heterocycles. The number of nitrogens with zero attached hydrogens (tertiary/aromatic N) is 2. The normalized spacial score (nSPS) is 10.7. The highest BCUT2D eigenvalue weighted by Gasteiger charge is 2.10. The Morgan fingerprint density at radius 2 is 1.66 bits per heavy atom. The van der Waals surface area contributed by atoms with Crippen molar-refractivity contribution in [2.75, 3.05) is 13.7 Å². The SMILES string of the molecule is COc1ccccc1CCc1nnc(CCC(=O)NCCCc2ccccc2)o1. The van der Waals surface area contributed by atoms with Crippen molar-refractivity contribution < 1.29 is 13.9 Å². The van der Waals surface area contributed by atoms with Crippen molar-refractivity contribution in [2.45, 2.75) is 38.5 Å². The molecule has 29 heavy (non-hydrogen) atoms. The van der Waals surface area contributed by atoms with Gasteiger partial charge < -0.3 is 14.5 Å². The number of para-hydroxylation sites is 1. The molecule has 0 radical (unpaired) electrons. The lowest BCUT2D eigenvalue weighted by Gasteiger charge is -2.06. The quantitative estimate of drug-likeness (QED) is 0.504. The van der Waals surface area contributed by atoms with Crippen LogP contribution in [0.2, 0.25) is 0 Å². The first-order chi connectivity index (χ1) is 14.2. The summed E-state index contributed by atoms with van der Waals surface area (Å²) < 4.78 is 11.0. The summed E-state index contributed by atoms with van der Waals surface area (Å²) in [6.45, 7) is 0.668. The molecule has 0 saturated carbocycles. The fourth-order valence-corrected chi connectivity index (χ4v) is 3.12. The van der Waals surface area contributed by atoms with E-state index in [9.17, 15) is 4.79 Å². The Hall–Kier alpha value is -3.15. The predicted octanol–water partition coefficient (Wildman–Crippen LogP) is 3.55. The number of carbonyl (C=O) groups excluding carboxylic acids is 1. The molecule has 0 aliphatic rings. The Kier molecular flexibility index (Phi) is 7.81. The Morgan fingerprint density at radius 1 is 0.931 bits per heavy atom. The first-order valence-corrected chi connectivity index (χ1v) is 9.98. The van der Waals surface area contributed by atoms with Gasteiger partial charge in [-0.3, -0.25) is 4.79 Å². The van der Waals surface area contributed by atoms with Gasteiger partial charge in [0.1, 0.15) is 5.75 Å². The molecule has 0 aliphatic carbocycles. The lowest BCUT2D eigenvalue weighted by atomic mass is 10.1. The summed E-state index contributed by atoms with van der Waals surface area (Å²) in [4.78, 5) is 12.0. The van der Waals surface area contributed by atoms with E-state index in [1.807, 2.05) is 42.5 Å². The van der Waals surface area contributed by atoms with Crippen LogP contribution in [0.25, 0.3) is 0 Å². The second-order valence-corrected chi connectivity index (χ2v) is 6.84. The van der Waals surface area contributed by atoms with Crippen LogP contribution in [0.3, 0.4) is 0 Å². The van der Waals surface area contributed by atoms with Crippen molar-refractivity contribution in [3.05, 3.63) is 77.5 Å². The smallest absolute Gasteiger partial charge is 0.220 e. The van der Waals surface area contributed by atoms with E-state index >= 15 is 0 Å². The number of rotatable bonds is 11. The Morgan fingerprint density at radius 3 is 2.45 bits per heavy atom. The van der Waals surface area contributed by atoms with E-state index in [4.69, 9.17) is 9.15 Å². The van der Waals surface area contributed by atoms with Gasteiger partial charge in [-0.25, -0.2) is 0 Å². The number of hydrogen-bond donors (Lipinski definition) is 1. The third kappa shape index (κ3) is 6.75. The van der Waals surface area contributed by atoms with Gasteiger partial charge in [0.2, 0.25) is 17.7 Å². The Bertz CT molecular complexity index is 893. The molecule has 6 nitrogen and oxygen atoms in total. The maximum absolute atomic E-state index is 12.0. The second-order valence-electron chi connectivity index (χ2n) is 6.84. The van der Waals surface area contributed by atoms with Crippen LogP contribution in [0.1, 0.15) is 35.7 Å². The van der Waals surface area contributed by atoms with Crippen LogP contribution in [0, 0.1) is 0 Å². The van der Waals surface area contributed by atoms with Crippen LogP contribution < -0.4 is 10.1 Å². The van der Waals surface area contributed by atoms with Crippen molar-refractivity contribution in [1.29, 1.82) is 0 Å². The lowest BCUT2D eigenvalue weighted by Crippen LogP contribution is -2.25. The number of hydrogen-bond acceptors (Lipinski definition) is 5. The summed E-state index contributed by atoms with van der Waals surface area (Å²) in [5, 5.41) is 11.1. The van der Waals surface area contributed by atoms with Gasteiger partial charge in [0.15, 0.2) is 0 Å². The standard InChI is InChI=1S/C23H27N3O3/c1-28-20-12-6-5-11-19(20)13-15-22-25-26-23(29-22)16-14-21(27)24-17-7-10-18-8-3-2-4-9-18/h2-6,8-9,11-12H,7,10,13-17H2,1H3,(H,24,27). The zero-order valence-corrected chi connectivity index (χ0v) is 16.8. The van der Waals surface area contributed by atoms with Crippen LogP contribution in [-0.2, 0) is 30.5 Å². The van der Waals surface area contributed by atoms with E-state index in [1.54, 1.807) is 7.11 Å². The molecular formula is C23H27N3O3. The van der Waals surface area contributed by atoms with Crippen molar-refractivity contribution in [3.63, 3.8) is 0 Å². The van der Waals surface area contributed by atoms with Crippen LogP contribution in [0.15, 0.2) is 59.0 Å². The molecule has 0 atom stereocenters. The van der Waals surface area contributed by atoms with Crippen molar-refractivity contribution in [3.8, 4) is 5.75 Å². The fraction of sp³-hybridized carbons (Fsp3) is 0.348. The average Bonchev–Trinajstić information content (AvgIpc) is 3.22. The number of aromatic nitrogens is 2. The van der Waals surface area contributed by atoms with Gasteiger partial charge in [0, 0.05) is 25.8 Å². The van der Waals surface area contributed by atoms with E-state index < -0.39 is 0 Å². The molecular weight excluding hydrogens is 366 g/mol. The number of benzene rings is 2. The average molecular weight is 393 g/mol. The highest BCUT2D eigenvalue weighted by molar-refractivity contribution is 5.75. The van der Waals surface area contributed by atoms with Crippen LogP contribution in [-0.4, -0.2) is 29.8 Å². The molecule has 0 unspecified atom stereocenters. The minimum atomic E-state index is 0.00633. The third-order valence-corrected chi connectivity index (χ3v) is 4.68. The molecule has 1 aromatic heterocycles. The summed E-state index contributed by atoms with van der Waals surface area (Å²) >= 11 is 0. The zero-order valence-electron chi connectivity index (χ0n) is 16.8. The number of amides is 1. The lowest BCUT2D eigenvalue weighted by molar-refractivity contribution is -0.121. The summed E-state index contributed by atoms with van der Waals surface area (Å²) in [7, 11) is 1.66. The molecule has 0 saturated heterocycles. The van der Waals surface area contributed by atoms with E-state index in [1.165, 1.54) is 5.56 Å². The summed E-state index contributed by atoms with van der Waals surface area (Å²) in [6.07, 6.45) is 4.07. The number of aryl methyl sites for hydroxylation is 4. The minimum Gasteiger partial charge on any atom is -0.496 e. The van der Waals surface area contributed by atoms with Crippen LogP contribution in [0.4, 0.5) is 0 Å². The van der Waals surface area contributed by atoms with Gasteiger partial charge in [-0.2, -0.15) is 0 Å². The molecule has 1 N–H and O–H groups in total. The number of ether oxygens (including phenoxy) is 1. The molecule has 3 rings (SSSR count). The summed E-state index contributed by atoms with van der Waals surface area (Å²) in [5.74, 6) is 1.94. The van der Waals surface area contributed by atoms with E-state index in [2.05, 4.69) is 27.6 Å². The molecule has 0 bridgehead atoms. The molecule has 0 spiro atoms. The van der Waals surface area contributed by atoms with E-state index in [-0.39, 0.29) is 5.91 Å². The summed E-state index contributed by atoms with van der Waals surface area (Å²) in [6, 6.07) is 18.2. The van der Waals surface area contributed by atoms with Crippen molar-refractivity contribution in [1.82, 2.24) is 15.5 Å². The molecule has 0 fully saturated rings. The predicted molar refractivity (Wildman–Crippen MR) is 111 cm³/mol. The molecule has 152 valence electrons. The number of nitrogens with one attached hydrogen (secondary N) is 1. The first-order valence-electron chi connectivity index (χ1n) is 9.98. The van der Waals surface area contributed by atoms with Gasteiger partial charge in [-0.05, 0) is 36.5 Å². The van der Waals surface area contributed by atoms with Gasteiger partial charge in [-0.1, -0.05) is 48.5 Å². The van der Waals surface area contributed by atoms with E-state index in [0.29, 0.717) is 37.6 Å². The zero-order chi connectivity index (χ0) is 20.3. The van der Waals surface area contributed by atoms with Gasteiger partial charge >= 0.3 is 0 Å². The summed E-state index contributed by atoms with van der Waals surface area (Å²) in [5.41, 5.74) is 2.39. The molecule has 3 aromatic rings. The molecule has 1 heterocycles. The molecule has 6 heteroatoms. The van der Waals surface area contributed by atoms with Gasteiger partial charge in [-0.15, -0.1) is 10.2 Å². The van der Waals surface area contributed by atoms with Crippen LogP contribution >= 0.6 is 0 Å². The highest BCUT2D eigenvalue weighted by atomic mass is 16.5. The molecule has 1 amide bonds. The third-order valence-electron chi connectivity index (χ3n) is 4.68. The monoisotopic (exact) mass is 393 g/mol. The molecule has 2 aromatic carbocycles. The number of methoxy groups -OCH3 is 1. The largest absolute Gasteiger partial charge is 0.496 e. The Balaban J connectivity index is 1.35. The topological polar surface area (TPSA) is 77.2 Å². The highest BCUT2D eigenvalue weighted by Crippen LogP contribution is 2.19.